The molecule has 0 unspecified atom stereocenters. The van der Waals surface area contributed by atoms with Crippen LogP contribution in [0.5, 0.6) is 5.75 Å². The van der Waals surface area contributed by atoms with Gasteiger partial charge in [-0.1, -0.05) is 0 Å². The van der Waals surface area contributed by atoms with Crippen molar-refractivity contribution < 1.29 is 4.74 Å². The smallest absolute Gasteiger partial charge is 0.173 e. The van der Waals surface area contributed by atoms with Gasteiger partial charge in [0.15, 0.2) is 11.1 Å². The molecule has 0 saturated carbocycles. The zero-order valence-electron chi connectivity index (χ0n) is 11.3. The van der Waals surface area contributed by atoms with E-state index < -0.39 is 0 Å². The number of imidazole rings is 1. The zero-order chi connectivity index (χ0) is 14.1. The summed E-state index contributed by atoms with van der Waals surface area (Å²) in [6, 6.07) is 7.64. The molecule has 0 aliphatic heterocycles. The lowest BCUT2D eigenvalue weighted by Gasteiger charge is -2.01. The molecule has 0 amide bonds. The van der Waals surface area contributed by atoms with Crippen molar-refractivity contribution >= 4 is 11.2 Å². The van der Waals surface area contributed by atoms with Crippen LogP contribution < -0.4 is 10.2 Å². The van der Waals surface area contributed by atoms with Crippen LogP contribution in [0.2, 0.25) is 0 Å². The molecular formula is C14H15N5O. The fraction of sp³-hybridized carbons (Fsp3) is 0.214. The van der Waals surface area contributed by atoms with E-state index in [4.69, 9.17) is 10.1 Å². The average molecular weight is 269 g/mol. The maximum absolute atomic E-state index is 7.86. The maximum atomic E-state index is 7.86. The molecule has 2 heterocycles. The minimum absolute atomic E-state index is 0.206. The number of methoxy groups -OCH3 is 1. The Morgan fingerprint density at radius 1 is 1.30 bits per heavy atom. The van der Waals surface area contributed by atoms with Crippen LogP contribution in [0.4, 0.5) is 0 Å². The van der Waals surface area contributed by atoms with E-state index in [1.165, 1.54) is 0 Å². The predicted molar refractivity (Wildman–Crippen MR) is 75.4 cm³/mol. The first-order valence-electron chi connectivity index (χ1n) is 6.37. The lowest BCUT2D eigenvalue weighted by Crippen LogP contribution is -2.11. The summed E-state index contributed by atoms with van der Waals surface area (Å²) in [5.74, 6) is 1.53. The number of nitrogens with zero attached hydrogens (tertiary/aromatic N) is 3. The molecule has 6 nitrogen and oxygen atoms in total. The molecule has 20 heavy (non-hydrogen) atoms. The molecule has 0 radical (unpaired) electrons. The number of fused-ring (bicyclic) bond motifs is 1. The second-order valence-electron chi connectivity index (χ2n) is 4.39. The van der Waals surface area contributed by atoms with Crippen molar-refractivity contribution in [1.29, 1.82) is 5.41 Å². The molecule has 0 aliphatic rings. The molecule has 102 valence electrons. The Bertz CT molecular complexity index is 801. The summed E-state index contributed by atoms with van der Waals surface area (Å²) >= 11 is 0. The summed E-state index contributed by atoms with van der Waals surface area (Å²) in [5, 5.41) is 7.86. The van der Waals surface area contributed by atoms with Gasteiger partial charge in [0, 0.05) is 12.1 Å². The molecule has 6 heteroatoms. The van der Waals surface area contributed by atoms with E-state index in [0.29, 0.717) is 5.52 Å². The highest BCUT2D eigenvalue weighted by Crippen LogP contribution is 2.21. The number of aryl methyl sites for hydroxylation is 1. The highest BCUT2D eigenvalue weighted by atomic mass is 16.5. The van der Waals surface area contributed by atoms with Crippen molar-refractivity contribution in [3.63, 3.8) is 0 Å². The van der Waals surface area contributed by atoms with Crippen molar-refractivity contribution in [2.75, 3.05) is 7.11 Å². The SMILES string of the molecule is CCn1cnc(=N)c2[nH]c(-c3ccc(OC)cc3)nc21. The first-order chi connectivity index (χ1) is 9.72. The molecule has 0 atom stereocenters. The lowest BCUT2D eigenvalue weighted by atomic mass is 10.2. The van der Waals surface area contributed by atoms with Crippen LogP contribution in [0.1, 0.15) is 6.92 Å². The van der Waals surface area contributed by atoms with Crippen LogP contribution in [0.15, 0.2) is 30.6 Å². The fourth-order valence-corrected chi connectivity index (χ4v) is 2.10. The maximum Gasteiger partial charge on any atom is 0.173 e. The third-order valence-electron chi connectivity index (χ3n) is 3.22. The highest BCUT2D eigenvalue weighted by molar-refractivity contribution is 5.75. The topological polar surface area (TPSA) is 79.6 Å². The largest absolute Gasteiger partial charge is 0.497 e. The highest BCUT2D eigenvalue weighted by Gasteiger charge is 2.09. The Labute approximate surface area is 115 Å². The van der Waals surface area contributed by atoms with E-state index >= 15 is 0 Å². The molecule has 3 aromatic rings. The molecule has 2 aromatic heterocycles. The molecule has 0 fully saturated rings. The minimum Gasteiger partial charge on any atom is -0.497 e. The number of aromatic nitrogens is 4. The van der Waals surface area contributed by atoms with Gasteiger partial charge < -0.3 is 14.3 Å². The lowest BCUT2D eigenvalue weighted by molar-refractivity contribution is 0.415. The van der Waals surface area contributed by atoms with Crippen LogP contribution in [-0.4, -0.2) is 26.6 Å². The third-order valence-corrected chi connectivity index (χ3v) is 3.22. The standard InChI is InChI=1S/C14H15N5O/c1-3-19-8-16-12(15)11-14(19)18-13(17-11)9-4-6-10(20-2)7-5-9/h4-8,15H,3H2,1-2H3,(H,17,18). The van der Waals surface area contributed by atoms with Gasteiger partial charge in [-0.3, -0.25) is 5.41 Å². The average Bonchev–Trinajstić information content (AvgIpc) is 2.94. The Morgan fingerprint density at radius 2 is 2.05 bits per heavy atom. The van der Waals surface area contributed by atoms with Crippen molar-refractivity contribution in [3.05, 3.63) is 36.1 Å². The van der Waals surface area contributed by atoms with Crippen LogP contribution in [-0.2, 0) is 6.54 Å². The normalized spacial score (nSPS) is 10.9. The van der Waals surface area contributed by atoms with Crippen LogP contribution in [0.25, 0.3) is 22.6 Å². The fourth-order valence-electron chi connectivity index (χ4n) is 2.10. The first kappa shape index (κ1) is 12.4. The van der Waals surface area contributed by atoms with Gasteiger partial charge in [-0.2, -0.15) is 0 Å². The summed E-state index contributed by atoms with van der Waals surface area (Å²) in [5.41, 5.74) is 2.56. The van der Waals surface area contributed by atoms with Gasteiger partial charge in [0.05, 0.1) is 13.4 Å². The van der Waals surface area contributed by atoms with E-state index in [0.717, 1.165) is 29.3 Å². The quantitative estimate of drug-likeness (QED) is 0.762. The number of hydrogen-bond donors (Lipinski definition) is 2. The van der Waals surface area contributed by atoms with Crippen molar-refractivity contribution in [3.8, 4) is 17.1 Å². The zero-order valence-corrected chi connectivity index (χ0v) is 11.3. The van der Waals surface area contributed by atoms with Gasteiger partial charge >= 0.3 is 0 Å². The molecule has 3 rings (SSSR count). The van der Waals surface area contributed by atoms with E-state index in [1.54, 1.807) is 13.4 Å². The number of rotatable bonds is 3. The minimum atomic E-state index is 0.206. The van der Waals surface area contributed by atoms with E-state index in [2.05, 4.69) is 15.0 Å². The van der Waals surface area contributed by atoms with Crippen molar-refractivity contribution in [1.82, 2.24) is 19.5 Å². The van der Waals surface area contributed by atoms with Crippen LogP contribution in [0.3, 0.4) is 0 Å². The van der Waals surface area contributed by atoms with Crippen molar-refractivity contribution in [2.24, 2.45) is 0 Å². The monoisotopic (exact) mass is 269 g/mol. The Balaban J connectivity index is 2.16. The van der Waals surface area contributed by atoms with Crippen LogP contribution >= 0.6 is 0 Å². The van der Waals surface area contributed by atoms with Gasteiger partial charge in [0.1, 0.15) is 17.1 Å². The summed E-state index contributed by atoms with van der Waals surface area (Å²) in [6.45, 7) is 2.78. The molecular weight excluding hydrogens is 254 g/mol. The molecule has 1 aromatic carbocycles. The predicted octanol–water partition coefficient (Wildman–Crippen LogP) is 1.93. The number of benzene rings is 1. The van der Waals surface area contributed by atoms with Gasteiger partial charge in [-0.05, 0) is 31.2 Å². The number of ether oxygens (including phenoxy) is 1. The van der Waals surface area contributed by atoms with E-state index in [-0.39, 0.29) is 5.49 Å². The molecule has 0 spiro atoms. The number of H-pyrrole nitrogens is 1. The summed E-state index contributed by atoms with van der Waals surface area (Å²) < 4.78 is 7.06. The Kier molecular flexibility index (Phi) is 2.98. The molecule has 0 saturated heterocycles. The second kappa shape index (κ2) is 4.80. The van der Waals surface area contributed by atoms with Gasteiger partial charge in [-0.25, -0.2) is 9.97 Å². The third kappa shape index (κ3) is 1.95. The Hall–Kier alpha value is -2.63. The molecule has 0 bridgehead atoms. The molecule has 2 N–H and O–H groups in total. The second-order valence-corrected chi connectivity index (χ2v) is 4.39. The Morgan fingerprint density at radius 3 is 2.70 bits per heavy atom. The number of hydrogen-bond acceptors (Lipinski definition) is 4. The first-order valence-corrected chi connectivity index (χ1v) is 6.37. The van der Waals surface area contributed by atoms with E-state index in [1.807, 2.05) is 35.8 Å². The number of aromatic amines is 1. The number of nitrogens with one attached hydrogen (secondary N) is 2. The van der Waals surface area contributed by atoms with Crippen LogP contribution in [0, 0.1) is 5.41 Å². The summed E-state index contributed by atoms with van der Waals surface area (Å²) in [4.78, 5) is 11.8. The van der Waals surface area contributed by atoms with Gasteiger partial charge in [-0.15, -0.1) is 0 Å². The van der Waals surface area contributed by atoms with E-state index in [9.17, 15) is 0 Å². The molecule has 0 aliphatic carbocycles. The summed E-state index contributed by atoms with van der Waals surface area (Å²) in [6.07, 6.45) is 1.64. The van der Waals surface area contributed by atoms with Crippen molar-refractivity contribution in [2.45, 2.75) is 13.5 Å². The summed E-state index contributed by atoms with van der Waals surface area (Å²) in [7, 11) is 1.64. The van der Waals surface area contributed by atoms with Gasteiger partial charge in [0.25, 0.3) is 0 Å². The van der Waals surface area contributed by atoms with Gasteiger partial charge in [0.2, 0.25) is 0 Å².